The molecule has 1 aromatic heterocycles. The van der Waals surface area contributed by atoms with Crippen molar-refractivity contribution in [3.05, 3.63) is 36.0 Å². The third kappa shape index (κ3) is 3.49. The van der Waals surface area contributed by atoms with Gasteiger partial charge in [0.25, 0.3) is 0 Å². The molecule has 1 heterocycles. The summed E-state index contributed by atoms with van der Waals surface area (Å²) in [4.78, 5) is 5.27. The summed E-state index contributed by atoms with van der Waals surface area (Å²) in [7, 11) is 0. The van der Waals surface area contributed by atoms with Crippen molar-refractivity contribution < 1.29 is 9.63 Å². The number of aromatic nitrogens is 2. The molecule has 5 heteroatoms. The van der Waals surface area contributed by atoms with E-state index in [2.05, 4.69) is 17.1 Å². The van der Waals surface area contributed by atoms with Crippen molar-refractivity contribution in [3.8, 4) is 5.75 Å². The predicted octanol–water partition coefficient (Wildman–Crippen LogP) is 3.02. The van der Waals surface area contributed by atoms with Crippen LogP contribution < -0.4 is 0 Å². The summed E-state index contributed by atoms with van der Waals surface area (Å²) in [6, 6.07) is 7.13. The second kappa shape index (κ2) is 5.72. The second-order valence-corrected chi connectivity index (χ2v) is 4.69. The highest BCUT2D eigenvalue weighted by Gasteiger charge is 2.06. The first-order valence-corrected chi connectivity index (χ1v) is 6.50. The molecule has 0 aliphatic carbocycles. The van der Waals surface area contributed by atoms with Crippen molar-refractivity contribution >= 4 is 11.8 Å². The average Bonchev–Trinajstić information content (AvgIpc) is 2.75. The van der Waals surface area contributed by atoms with E-state index in [0.29, 0.717) is 17.5 Å². The van der Waals surface area contributed by atoms with Crippen LogP contribution in [-0.4, -0.2) is 15.2 Å². The lowest BCUT2D eigenvalue weighted by Crippen LogP contribution is -1.86. The van der Waals surface area contributed by atoms with Crippen LogP contribution in [0.2, 0.25) is 0 Å². The normalized spacial score (nSPS) is 10.6. The first-order chi connectivity index (χ1) is 8.28. The summed E-state index contributed by atoms with van der Waals surface area (Å²) in [5.41, 5.74) is 0. The number of thioether (sulfide) groups is 1. The Morgan fingerprint density at radius 3 is 3.06 bits per heavy atom. The Morgan fingerprint density at radius 1 is 1.41 bits per heavy atom. The first kappa shape index (κ1) is 12.0. The zero-order chi connectivity index (χ0) is 12.1. The number of hydrogen-bond donors (Lipinski definition) is 1. The molecule has 2 aromatic rings. The van der Waals surface area contributed by atoms with Gasteiger partial charge >= 0.3 is 0 Å². The molecule has 0 aliphatic rings. The molecular formula is C12H14N2O2S. The van der Waals surface area contributed by atoms with Crippen LogP contribution in [0.25, 0.3) is 0 Å². The number of hydrogen-bond acceptors (Lipinski definition) is 5. The Bertz CT molecular complexity index is 485. The topological polar surface area (TPSA) is 59.2 Å². The summed E-state index contributed by atoms with van der Waals surface area (Å²) >= 11 is 1.57. The number of rotatable bonds is 5. The summed E-state index contributed by atoms with van der Waals surface area (Å²) in [5, 5.41) is 13.2. The van der Waals surface area contributed by atoms with Gasteiger partial charge in [0.15, 0.2) is 5.82 Å². The van der Waals surface area contributed by atoms with Crippen molar-refractivity contribution in [3.63, 3.8) is 0 Å². The molecule has 90 valence electrons. The van der Waals surface area contributed by atoms with E-state index in [1.807, 2.05) is 12.1 Å². The fraction of sp³-hybridized carbons (Fsp3) is 0.333. The molecule has 0 radical (unpaired) electrons. The number of aromatic hydroxyl groups is 1. The lowest BCUT2D eigenvalue weighted by Gasteiger charge is -1.98. The molecule has 1 N–H and O–H groups in total. The van der Waals surface area contributed by atoms with Crippen LogP contribution in [0.4, 0.5) is 0 Å². The summed E-state index contributed by atoms with van der Waals surface area (Å²) in [6.45, 7) is 2.07. The van der Waals surface area contributed by atoms with Gasteiger partial charge in [-0.3, -0.25) is 0 Å². The molecule has 0 saturated heterocycles. The SMILES string of the molecule is CCCc1nc(CSc2cccc(O)c2)no1. The number of phenolic OH excluding ortho intramolecular Hbond substituents is 1. The van der Waals surface area contributed by atoms with E-state index in [1.165, 1.54) is 0 Å². The van der Waals surface area contributed by atoms with Crippen LogP contribution in [0.1, 0.15) is 25.1 Å². The minimum absolute atomic E-state index is 0.273. The molecule has 0 saturated carbocycles. The van der Waals surface area contributed by atoms with Gasteiger partial charge in [-0.1, -0.05) is 18.1 Å². The van der Waals surface area contributed by atoms with E-state index >= 15 is 0 Å². The molecule has 0 amide bonds. The molecular weight excluding hydrogens is 236 g/mol. The van der Waals surface area contributed by atoms with E-state index in [-0.39, 0.29) is 5.75 Å². The zero-order valence-corrected chi connectivity index (χ0v) is 10.4. The highest BCUT2D eigenvalue weighted by atomic mass is 32.2. The Labute approximate surface area is 104 Å². The number of benzene rings is 1. The minimum atomic E-state index is 0.273. The van der Waals surface area contributed by atoms with E-state index in [1.54, 1.807) is 23.9 Å². The molecule has 0 fully saturated rings. The third-order valence-electron chi connectivity index (χ3n) is 2.16. The molecule has 0 spiro atoms. The maximum atomic E-state index is 9.32. The van der Waals surface area contributed by atoms with Crippen LogP contribution in [0, 0.1) is 0 Å². The fourth-order valence-electron chi connectivity index (χ4n) is 1.39. The molecule has 1 aromatic carbocycles. The zero-order valence-electron chi connectivity index (χ0n) is 9.59. The van der Waals surface area contributed by atoms with Gasteiger partial charge < -0.3 is 9.63 Å². The molecule has 2 rings (SSSR count). The lowest BCUT2D eigenvalue weighted by molar-refractivity contribution is 0.373. The molecule has 0 atom stereocenters. The van der Waals surface area contributed by atoms with E-state index < -0.39 is 0 Å². The fourth-order valence-corrected chi connectivity index (χ4v) is 2.18. The molecule has 0 bridgehead atoms. The van der Waals surface area contributed by atoms with Crippen molar-refractivity contribution in [2.75, 3.05) is 0 Å². The van der Waals surface area contributed by atoms with Gasteiger partial charge in [0, 0.05) is 11.3 Å². The van der Waals surface area contributed by atoms with Crippen LogP contribution in [0.3, 0.4) is 0 Å². The smallest absolute Gasteiger partial charge is 0.226 e. The van der Waals surface area contributed by atoms with E-state index in [9.17, 15) is 5.11 Å². The second-order valence-electron chi connectivity index (χ2n) is 3.64. The van der Waals surface area contributed by atoms with Gasteiger partial charge in [0.2, 0.25) is 5.89 Å². The minimum Gasteiger partial charge on any atom is -0.508 e. The maximum absolute atomic E-state index is 9.32. The average molecular weight is 250 g/mol. The Hall–Kier alpha value is -1.49. The van der Waals surface area contributed by atoms with Crippen LogP contribution in [0.15, 0.2) is 33.7 Å². The predicted molar refractivity (Wildman–Crippen MR) is 66.0 cm³/mol. The summed E-state index contributed by atoms with van der Waals surface area (Å²) < 4.78 is 5.09. The third-order valence-corrected chi connectivity index (χ3v) is 3.15. The van der Waals surface area contributed by atoms with Crippen molar-refractivity contribution in [1.29, 1.82) is 0 Å². The Morgan fingerprint density at radius 2 is 2.29 bits per heavy atom. The van der Waals surface area contributed by atoms with Gasteiger partial charge in [0.05, 0.1) is 5.75 Å². The molecule has 0 aliphatic heterocycles. The van der Waals surface area contributed by atoms with Crippen LogP contribution in [0.5, 0.6) is 5.75 Å². The van der Waals surface area contributed by atoms with Crippen molar-refractivity contribution in [1.82, 2.24) is 10.1 Å². The molecule has 0 unspecified atom stereocenters. The first-order valence-electron chi connectivity index (χ1n) is 5.51. The number of nitrogens with zero attached hydrogens (tertiary/aromatic N) is 2. The van der Waals surface area contributed by atoms with Gasteiger partial charge in [-0.05, 0) is 24.6 Å². The van der Waals surface area contributed by atoms with Gasteiger partial charge in [-0.25, -0.2) is 0 Å². The maximum Gasteiger partial charge on any atom is 0.226 e. The monoisotopic (exact) mass is 250 g/mol. The Kier molecular flexibility index (Phi) is 4.03. The number of aryl methyl sites for hydroxylation is 1. The number of phenols is 1. The highest BCUT2D eigenvalue weighted by Crippen LogP contribution is 2.24. The largest absolute Gasteiger partial charge is 0.508 e. The standard InChI is InChI=1S/C12H14N2O2S/c1-2-4-12-13-11(14-16-12)8-17-10-6-3-5-9(15)7-10/h3,5-7,15H,2,4,8H2,1H3. The summed E-state index contributed by atoms with van der Waals surface area (Å²) in [5.74, 6) is 2.31. The van der Waals surface area contributed by atoms with E-state index in [0.717, 1.165) is 17.7 Å². The van der Waals surface area contributed by atoms with Crippen LogP contribution in [-0.2, 0) is 12.2 Å². The Balaban J connectivity index is 1.93. The summed E-state index contributed by atoms with van der Waals surface area (Å²) in [6.07, 6.45) is 1.82. The van der Waals surface area contributed by atoms with Crippen molar-refractivity contribution in [2.45, 2.75) is 30.4 Å². The van der Waals surface area contributed by atoms with Gasteiger partial charge in [0.1, 0.15) is 5.75 Å². The molecule has 17 heavy (non-hydrogen) atoms. The van der Waals surface area contributed by atoms with Gasteiger partial charge in [-0.2, -0.15) is 4.98 Å². The quantitative estimate of drug-likeness (QED) is 0.826. The highest BCUT2D eigenvalue weighted by molar-refractivity contribution is 7.98. The van der Waals surface area contributed by atoms with E-state index in [4.69, 9.17) is 4.52 Å². The lowest BCUT2D eigenvalue weighted by atomic mass is 10.3. The van der Waals surface area contributed by atoms with Crippen molar-refractivity contribution in [2.24, 2.45) is 0 Å². The molecule has 4 nitrogen and oxygen atoms in total. The van der Waals surface area contributed by atoms with Gasteiger partial charge in [-0.15, -0.1) is 11.8 Å². The van der Waals surface area contributed by atoms with Crippen LogP contribution >= 0.6 is 11.8 Å².